The first-order valence-electron chi connectivity index (χ1n) is 6.29. The van der Waals surface area contributed by atoms with Crippen molar-refractivity contribution in [1.29, 1.82) is 0 Å². The van der Waals surface area contributed by atoms with Crippen LogP contribution in [0.1, 0.15) is 6.42 Å². The Morgan fingerprint density at radius 2 is 1.95 bits per heavy atom. The van der Waals surface area contributed by atoms with E-state index in [0.29, 0.717) is 19.0 Å². The number of nitrogens with one attached hydrogen (secondary N) is 4. The summed E-state index contributed by atoms with van der Waals surface area (Å²) < 4.78 is 0. The molecular weight excluding hydrogens is 282 g/mol. The van der Waals surface area contributed by atoms with Gasteiger partial charge in [-0.05, 0) is 13.0 Å². The maximum atomic E-state index is 10.5. The molecule has 11 nitrogen and oxygen atoms in total. The summed E-state index contributed by atoms with van der Waals surface area (Å²) in [5.74, 6) is -1.64. The van der Waals surface area contributed by atoms with Gasteiger partial charge < -0.3 is 31.9 Å². The van der Waals surface area contributed by atoms with E-state index in [1.54, 1.807) is 0 Å². The van der Waals surface area contributed by atoms with Crippen LogP contribution in [0.3, 0.4) is 0 Å². The Morgan fingerprint density at radius 3 is 2.57 bits per heavy atom. The Balaban J connectivity index is 2.63. The molecule has 21 heavy (non-hydrogen) atoms. The molecule has 0 aromatic rings. The van der Waals surface area contributed by atoms with E-state index in [1.807, 2.05) is 0 Å². The second kappa shape index (κ2) is 8.71. The average Bonchev–Trinajstić information content (AvgIpc) is 2.43. The highest BCUT2D eigenvalue weighted by Crippen LogP contribution is 1.93. The minimum atomic E-state index is -1.06. The molecule has 0 spiro atoms. The molecule has 1 rings (SSSR count). The van der Waals surface area contributed by atoms with Crippen LogP contribution in [0.5, 0.6) is 0 Å². The minimum absolute atomic E-state index is 0.0919. The molecule has 1 atom stereocenters. The largest absolute Gasteiger partial charge is 0.480 e. The molecule has 118 valence electrons. The molecule has 0 aromatic carbocycles. The van der Waals surface area contributed by atoms with Gasteiger partial charge in [-0.2, -0.15) is 4.99 Å². The van der Waals surface area contributed by atoms with Gasteiger partial charge >= 0.3 is 11.9 Å². The van der Waals surface area contributed by atoms with Crippen molar-refractivity contribution in [2.24, 2.45) is 15.7 Å². The third-order valence-electron chi connectivity index (χ3n) is 2.26. The summed E-state index contributed by atoms with van der Waals surface area (Å²) in [5, 5.41) is 28.2. The summed E-state index contributed by atoms with van der Waals surface area (Å²) in [5.41, 5.74) is 5.38. The van der Waals surface area contributed by atoms with E-state index in [2.05, 4.69) is 31.3 Å². The van der Waals surface area contributed by atoms with Crippen LogP contribution in [-0.4, -0.2) is 66.5 Å². The molecule has 0 amide bonds. The fraction of sp³-hybridized carbons (Fsp3) is 0.600. The summed E-state index contributed by atoms with van der Waals surface area (Å²) in [4.78, 5) is 29.1. The van der Waals surface area contributed by atoms with Crippen molar-refractivity contribution in [2.75, 3.05) is 26.2 Å². The van der Waals surface area contributed by atoms with Crippen molar-refractivity contribution in [3.8, 4) is 0 Å². The minimum Gasteiger partial charge on any atom is -0.480 e. The first-order valence-corrected chi connectivity index (χ1v) is 6.29. The maximum Gasteiger partial charge on any atom is 0.322 e. The molecule has 1 heterocycles. The molecule has 1 unspecified atom stereocenters. The van der Waals surface area contributed by atoms with E-state index in [-0.39, 0.29) is 19.0 Å². The second-order valence-electron chi connectivity index (χ2n) is 4.05. The Morgan fingerprint density at radius 1 is 1.24 bits per heavy atom. The maximum absolute atomic E-state index is 10.5. The molecule has 0 saturated carbocycles. The Kier molecular flexibility index (Phi) is 6.91. The van der Waals surface area contributed by atoms with E-state index in [1.165, 1.54) is 0 Å². The van der Waals surface area contributed by atoms with Gasteiger partial charge in [-0.1, -0.05) is 0 Å². The fourth-order valence-electron chi connectivity index (χ4n) is 1.37. The van der Waals surface area contributed by atoms with Crippen LogP contribution in [0.25, 0.3) is 0 Å². The summed E-state index contributed by atoms with van der Waals surface area (Å²) in [6.07, 6.45) is -0.00145. The third-order valence-corrected chi connectivity index (χ3v) is 2.26. The highest BCUT2D eigenvalue weighted by atomic mass is 16.4. The van der Waals surface area contributed by atoms with Crippen molar-refractivity contribution in [3.05, 3.63) is 0 Å². The number of carboxylic acids is 2. The number of carboxylic acid groups (broad SMARTS) is 2. The van der Waals surface area contributed by atoms with Gasteiger partial charge in [0.25, 0.3) is 0 Å². The molecule has 8 N–H and O–H groups in total. The summed E-state index contributed by atoms with van der Waals surface area (Å²) in [6.45, 7) is 0.437. The number of hydrogen-bond acceptors (Lipinski definition) is 9. The SMILES string of the molecule is NCCCNC1=NC(NCC(=O)O)=NC(NCC(=O)O)N1. The molecule has 0 fully saturated rings. The van der Waals surface area contributed by atoms with Crippen LogP contribution >= 0.6 is 0 Å². The average molecular weight is 301 g/mol. The van der Waals surface area contributed by atoms with Crippen LogP contribution in [-0.2, 0) is 9.59 Å². The van der Waals surface area contributed by atoms with Gasteiger partial charge in [0.15, 0.2) is 6.29 Å². The highest BCUT2D eigenvalue weighted by Gasteiger charge is 2.17. The van der Waals surface area contributed by atoms with Crippen molar-refractivity contribution in [1.82, 2.24) is 21.3 Å². The predicted octanol–water partition coefficient (Wildman–Crippen LogP) is -3.13. The van der Waals surface area contributed by atoms with Crippen molar-refractivity contribution in [2.45, 2.75) is 12.7 Å². The molecule has 1 aliphatic heterocycles. The zero-order valence-corrected chi connectivity index (χ0v) is 11.3. The van der Waals surface area contributed by atoms with E-state index >= 15 is 0 Å². The van der Waals surface area contributed by atoms with E-state index < -0.39 is 18.2 Å². The van der Waals surface area contributed by atoms with Crippen LogP contribution < -0.4 is 27.0 Å². The van der Waals surface area contributed by atoms with E-state index in [4.69, 9.17) is 15.9 Å². The first-order chi connectivity index (χ1) is 10.0. The molecular formula is C10H19N7O4. The zero-order valence-electron chi connectivity index (χ0n) is 11.3. The summed E-state index contributed by atoms with van der Waals surface area (Å²) in [7, 11) is 0. The first kappa shape index (κ1) is 16.7. The second-order valence-corrected chi connectivity index (χ2v) is 4.05. The number of rotatable bonds is 8. The molecule has 0 aliphatic carbocycles. The Bertz CT molecular complexity index is 437. The Labute approximate surface area is 120 Å². The number of nitrogens with zero attached hydrogens (tertiary/aromatic N) is 2. The van der Waals surface area contributed by atoms with Gasteiger partial charge in [0.2, 0.25) is 11.9 Å². The van der Waals surface area contributed by atoms with Crippen molar-refractivity contribution in [3.63, 3.8) is 0 Å². The Hall–Kier alpha value is -2.40. The monoisotopic (exact) mass is 301 g/mol. The zero-order chi connectivity index (χ0) is 15.7. The molecule has 0 saturated heterocycles. The molecule has 0 bridgehead atoms. The molecule has 0 radical (unpaired) electrons. The number of nitrogens with two attached hydrogens (primary N) is 1. The quantitative estimate of drug-likeness (QED) is 0.229. The lowest BCUT2D eigenvalue weighted by Gasteiger charge is -2.23. The highest BCUT2D eigenvalue weighted by molar-refractivity contribution is 5.97. The van der Waals surface area contributed by atoms with Crippen molar-refractivity contribution < 1.29 is 19.8 Å². The van der Waals surface area contributed by atoms with E-state index in [9.17, 15) is 9.59 Å². The summed E-state index contributed by atoms with van der Waals surface area (Å²) >= 11 is 0. The van der Waals surface area contributed by atoms with Gasteiger partial charge in [-0.15, -0.1) is 0 Å². The van der Waals surface area contributed by atoms with Gasteiger partial charge in [0.1, 0.15) is 6.54 Å². The van der Waals surface area contributed by atoms with Crippen LogP contribution in [0.2, 0.25) is 0 Å². The topological polar surface area (TPSA) is 173 Å². The van der Waals surface area contributed by atoms with Crippen LogP contribution in [0.4, 0.5) is 0 Å². The van der Waals surface area contributed by atoms with E-state index in [0.717, 1.165) is 6.42 Å². The number of hydrogen-bond donors (Lipinski definition) is 7. The fourth-order valence-corrected chi connectivity index (χ4v) is 1.37. The standard InChI is InChI=1S/C10H19N7O4/c11-2-1-3-12-8-15-9(13-4-6(18)19)17-10(16-8)14-5-7(20)21/h9,13H,1-5,11H2,(H,18,19)(H,20,21)(H3,12,14,15,16,17). The van der Waals surface area contributed by atoms with Gasteiger partial charge in [-0.25, -0.2) is 4.99 Å². The van der Waals surface area contributed by atoms with Gasteiger partial charge in [0, 0.05) is 6.54 Å². The van der Waals surface area contributed by atoms with Gasteiger partial charge in [0.05, 0.1) is 6.54 Å². The lowest BCUT2D eigenvalue weighted by Crippen LogP contribution is -2.54. The number of carbonyl (C=O) groups is 2. The molecule has 0 aromatic heterocycles. The number of aliphatic imine (C=N–C) groups is 2. The lowest BCUT2D eigenvalue weighted by atomic mass is 10.4. The normalized spacial score (nSPS) is 17.3. The molecule has 11 heteroatoms. The third kappa shape index (κ3) is 7.08. The van der Waals surface area contributed by atoms with Gasteiger partial charge in [-0.3, -0.25) is 14.9 Å². The van der Waals surface area contributed by atoms with Crippen LogP contribution in [0.15, 0.2) is 9.98 Å². The predicted molar refractivity (Wildman–Crippen MR) is 74.7 cm³/mol. The lowest BCUT2D eigenvalue weighted by molar-refractivity contribution is -0.136. The number of aliphatic carboxylic acids is 2. The number of guanidine groups is 2. The molecule has 1 aliphatic rings. The smallest absolute Gasteiger partial charge is 0.322 e. The summed E-state index contributed by atoms with van der Waals surface area (Å²) in [6, 6.07) is 0. The van der Waals surface area contributed by atoms with Crippen LogP contribution in [0, 0.1) is 0 Å². The van der Waals surface area contributed by atoms with Crippen molar-refractivity contribution >= 4 is 23.9 Å².